The first-order valence-corrected chi connectivity index (χ1v) is 7.61. The molecule has 0 heterocycles. The first-order chi connectivity index (χ1) is 9.67. The number of methoxy groups -OCH3 is 2. The highest BCUT2D eigenvalue weighted by molar-refractivity contribution is 5.40. The number of benzene rings is 1. The van der Waals surface area contributed by atoms with Gasteiger partial charge in [-0.25, -0.2) is 0 Å². The average molecular weight is 279 g/mol. The summed E-state index contributed by atoms with van der Waals surface area (Å²) in [6.45, 7) is 5.51. The van der Waals surface area contributed by atoms with Crippen molar-refractivity contribution in [1.29, 1.82) is 0 Å². The molecule has 0 radical (unpaired) electrons. The first kappa shape index (κ1) is 16.8. The van der Waals surface area contributed by atoms with Gasteiger partial charge in [-0.15, -0.1) is 0 Å². The Morgan fingerprint density at radius 1 is 1.00 bits per heavy atom. The summed E-state index contributed by atoms with van der Waals surface area (Å²) in [6.07, 6.45) is 6.11. The van der Waals surface area contributed by atoms with Crippen molar-refractivity contribution in [2.24, 2.45) is 0 Å². The van der Waals surface area contributed by atoms with E-state index in [0.29, 0.717) is 6.04 Å². The maximum Gasteiger partial charge on any atom is 0.125 e. The van der Waals surface area contributed by atoms with Crippen LogP contribution in [-0.2, 0) is 6.42 Å². The van der Waals surface area contributed by atoms with Gasteiger partial charge in [0, 0.05) is 12.1 Å². The molecule has 0 amide bonds. The molecule has 0 aliphatic heterocycles. The van der Waals surface area contributed by atoms with Crippen molar-refractivity contribution < 1.29 is 9.47 Å². The van der Waals surface area contributed by atoms with Crippen LogP contribution in [0.3, 0.4) is 0 Å². The maximum absolute atomic E-state index is 5.42. The Labute approximate surface area is 123 Å². The number of hydrogen-bond acceptors (Lipinski definition) is 3. The lowest BCUT2D eigenvalue weighted by atomic mass is 10.0. The van der Waals surface area contributed by atoms with Gasteiger partial charge in [0.25, 0.3) is 0 Å². The minimum absolute atomic E-state index is 0.596. The van der Waals surface area contributed by atoms with Crippen molar-refractivity contribution in [3.05, 3.63) is 23.8 Å². The SMILES string of the molecule is COc1ccc(CCCCCCNC(C)C)c(OC)c1. The molecule has 0 saturated heterocycles. The molecule has 114 valence electrons. The maximum atomic E-state index is 5.42. The fraction of sp³-hybridized carbons (Fsp3) is 0.647. The van der Waals surface area contributed by atoms with Crippen LogP contribution in [0.5, 0.6) is 11.5 Å². The van der Waals surface area contributed by atoms with Gasteiger partial charge in [-0.2, -0.15) is 0 Å². The summed E-state index contributed by atoms with van der Waals surface area (Å²) in [4.78, 5) is 0. The Bertz CT molecular complexity index is 377. The van der Waals surface area contributed by atoms with Crippen molar-refractivity contribution >= 4 is 0 Å². The van der Waals surface area contributed by atoms with Crippen molar-refractivity contribution in [2.45, 2.75) is 52.0 Å². The van der Waals surface area contributed by atoms with Crippen LogP contribution < -0.4 is 14.8 Å². The summed E-state index contributed by atoms with van der Waals surface area (Å²) in [5.41, 5.74) is 1.27. The first-order valence-electron chi connectivity index (χ1n) is 7.61. The predicted octanol–water partition coefficient (Wildman–Crippen LogP) is 3.80. The van der Waals surface area contributed by atoms with Crippen molar-refractivity contribution in [3.8, 4) is 11.5 Å². The molecular weight excluding hydrogens is 250 g/mol. The third-order valence-corrected chi connectivity index (χ3v) is 3.42. The molecule has 3 heteroatoms. The molecule has 3 nitrogen and oxygen atoms in total. The zero-order valence-electron chi connectivity index (χ0n) is 13.4. The second kappa shape index (κ2) is 9.65. The minimum atomic E-state index is 0.596. The highest BCUT2D eigenvalue weighted by Crippen LogP contribution is 2.26. The summed E-state index contributed by atoms with van der Waals surface area (Å²) in [5.74, 6) is 1.79. The van der Waals surface area contributed by atoms with Gasteiger partial charge in [0.05, 0.1) is 14.2 Å². The number of nitrogens with one attached hydrogen (secondary N) is 1. The average Bonchev–Trinajstić information content (AvgIpc) is 2.46. The molecule has 0 saturated carbocycles. The van der Waals surface area contributed by atoms with E-state index < -0.39 is 0 Å². The molecule has 0 aliphatic carbocycles. The third kappa shape index (κ3) is 6.29. The van der Waals surface area contributed by atoms with Crippen LogP contribution in [0.15, 0.2) is 18.2 Å². The largest absolute Gasteiger partial charge is 0.497 e. The smallest absolute Gasteiger partial charge is 0.125 e. The zero-order chi connectivity index (χ0) is 14.8. The molecule has 1 rings (SSSR count). The van der Waals surface area contributed by atoms with Gasteiger partial charge in [-0.05, 0) is 37.4 Å². The van der Waals surface area contributed by atoms with Crippen LogP contribution in [0.2, 0.25) is 0 Å². The fourth-order valence-electron chi connectivity index (χ4n) is 2.24. The van der Waals surface area contributed by atoms with Crippen LogP contribution in [0.1, 0.15) is 45.1 Å². The highest BCUT2D eigenvalue weighted by Gasteiger charge is 2.04. The van der Waals surface area contributed by atoms with E-state index in [2.05, 4.69) is 25.2 Å². The topological polar surface area (TPSA) is 30.5 Å². The molecule has 20 heavy (non-hydrogen) atoms. The monoisotopic (exact) mass is 279 g/mol. The Balaban J connectivity index is 2.24. The summed E-state index contributed by atoms with van der Waals surface area (Å²) < 4.78 is 10.6. The van der Waals surface area contributed by atoms with Crippen LogP contribution in [0, 0.1) is 0 Å². The molecule has 0 bridgehead atoms. The third-order valence-electron chi connectivity index (χ3n) is 3.42. The quantitative estimate of drug-likeness (QED) is 0.661. The Morgan fingerprint density at radius 2 is 1.75 bits per heavy atom. The normalized spacial score (nSPS) is 10.8. The van der Waals surface area contributed by atoms with Crippen molar-refractivity contribution in [1.82, 2.24) is 5.32 Å². The highest BCUT2D eigenvalue weighted by atomic mass is 16.5. The van der Waals surface area contributed by atoms with Gasteiger partial charge in [0.1, 0.15) is 11.5 Å². The van der Waals surface area contributed by atoms with E-state index in [1.165, 1.54) is 31.2 Å². The van der Waals surface area contributed by atoms with E-state index in [1.807, 2.05) is 12.1 Å². The van der Waals surface area contributed by atoms with Gasteiger partial charge in [-0.3, -0.25) is 0 Å². The molecule has 0 unspecified atom stereocenters. The molecule has 1 N–H and O–H groups in total. The molecule has 1 aromatic carbocycles. The lowest BCUT2D eigenvalue weighted by molar-refractivity contribution is 0.390. The van der Waals surface area contributed by atoms with Crippen LogP contribution >= 0.6 is 0 Å². The van der Waals surface area contributed by atoms with Crippen LogP contribution in [-0.4, -0.2) is 26.8 Å². The van der Waals surface area contributed by atoms with E-state index in [4.69, 9.17) is 9.47 Å². The minimum Gasteiger partial charge on any atom is -0.497 e. The fourth-order valence-corrected chi connectivity index (χ4v) is 2.24. The van der Waals surface area contributed by atoms with E-state index >= 15 is 0 Å². The number of aryl methyl sites for hydroxylation is 1. The van der Waals surface area contributed by atoms with Crippen LogP contribution in [0.4, 0.5) is 0 Å². The van der Waals surface area contributed by atoms with Crippen LogP contribution in [0.25, 0.3) is 0 Å². The van der Waals surface area contributed by atoms with E-state index in [0.717, 1.165) is 24.5 Å². The zero-order valence-corrected chi connectivity index (χ0v) is 13.4. The Hall–Kier alpha value is -1.22. The standard InChI is InChI=1S/C17H29NO2/c1-14(2)18-12-8-6-5-7-9-15-10-11-16(19-3)13-17(15)20-4/h10-11,13-14,18H,5-9,12H2,1-4H3. The number of ether oxygens (including phenoxy) is 2. The van der Waals surface area contributed by atoms with Gasteiger partial charge in [-0.1, -0.05) is 32.8 Å². The molecule has 0 spiro atoms. The Kier molecular flexibility index (Phi) is 8.12. The molecule has 0 atom stereocenters. The van der Waals surface area contributed by atoms with Gasteiger partial charge in [0.15, 0.2) is 0 Å². The molecule has 0 aliphatic rings. The molecule has 0 fully saturated rings. The number of rotatable bonds is 10. The molecule has 0 aromatic heterocycles. The van der Waals surface area contributed by atoms with Gasteiger partial charge in [0.2, 0.25) is 0 Å². The summed E-state index contributed by atoms with van der Waals surface area (Å²) >= 11 is 0. The lowest BCUT2D eigenvalue weighted by Crippen LogP contribution is -2.23. The predicted molar refractivity (Wildman–Crippen MR) is 84.9 cm³/mol. The second-order valence-electron chi connectivity index (χ2n) is 5.45. The molecular formula is C17H29NO2. The summed E-state index contributed by atoms with van der Waals surface area (Å²) in [5, 5.41) is 3.45. The summed E-state index contributed by atoms with van der Waals surface area (Å²) in [7, 11) is 3.40. The van der Waals surface area contributed by atoms with Crippen molar-refractivity contribution in [3.63, 3.8) is 0 Å². The van der Waals surface area contributed by atoms with Crippen molar-refractivity contribution in [2.75, 3.05) is 20.8 Å². The van der Waals surface area contributed by atoms with Gasteiger partial charge >= 0.3 is 0 Å². The number of unbranched alkanes of at least 4 members (excludes halogenated alkanes) is 3. The summed E-state index contributed by atoms with van der Waals surface area (Å²) in [6, 6.07) is 6.67. The van der Waals surface area contributed by atoms with Gasteiger partial charge < -0.3 is 14.8 Å². The van der Waals surface area contributed by atoms with E-state index in [9.17, 15) is 0 Å². The number of hydrogen-bond donors (Lipinski definition) is 1. The Morgan fingerprint density at radius 3 is 2.40 bits per heavy atom. The molecule has 1 aromatic rings. The second-order valence-corrected chi connectivity index (χ2v) is 5.45. The lowest BCUT2D eigenvalue weighted by Gasteiger charge is -2.10. The van der Waals surface area contributed by atoms with E-state index in [1.54, 1.807) is 14.2 Å². The van der Waals surface area contributed by atoms with E-state index in [-0.39, 0.29) is 0 Å².